The Morgan fingerprint density at radius 2 is 1.40 bits per heavy atom. The van der Waals surface area contributed by atoms with E-state index in [1.807, 2.05) is 4.90 Å². The zero-order chi connectivity index (χ0) is 22.4. The van der Waals surface area contributed by atoms with Crippen LogP contribution in [0.5, 0.6) is 0 Å². The lowest BCUT2D eigenvalue weighted by Crippen LogP contribution is -2.60. The standard InChI is InChI=1S/C24H44N2O4/c1-5-6-7-8-9-10-11-12-13-14-15-16-22-17-24(30-21(4)29)23(25-19(2)27)18-26(22)20(3)28/h22-24H,5-18H2,1-4H3,(H,25,27)/t22-,23+,24+/m1/s1. The van der Waals surface area contributed by atoms with Crippen molar-refractivity contribution in [3.05, 3.63) is 0 Å². The lowest BCUT2D eigenvalue weighted by molar-refractivity contribution is -0.155. The first-order chi connectivity index (χ1) is 14.3. The zero-order valence-corrected chi connectivity index (χ0v) is 19.7. The normalized spacial score (nSPS) is 21.3. The van der Waals surface area contributed by atoms with Gasteiger partial charge in [-0.05, 0) is 6.42 Å². The number of hydrogen-bond donors (Lipinski definition) is 1. The molecule has 1 rings (SSSR count). The van der Waals surface area contributed by atoms with Gasteiger partial charge in [0.25, 0.3) is 0 Å². The number of carbonyl (C=O) groups excluding carboxylic acids is 3. The fraction of sp³-hybridized carbons (Fsp3) is 0.875. The Bertz CT molecular complexity index is 523. The van der Waals surface area contributed by atoms with Crippen molar-refractivity contribution in [1.29, 1.82) is 0 Å². The first kappa shape index (κ1) is 26.4. The summed E-state index contributed by atoms with van der Waals surface area (Å²) < 4.78 is 5.48. The van der Waals surface area contributed by atoms with Crippen LogP contribution in [0.2, 0.25) is 0 Å². The molecule has 6 nitrogen and oxygen atoms in total. The maximum absolute atomic E-state index is 12.2. The van der Waals surface area contributed by atoms with E-state index in [-0.39, 0.29) is 36.0 Å². The predicted octanol–water partition coefficient (Wildman–Crippen LogP) is 4.74. The first-order valence-electron chi connectivity index (χ1n) is 12.1. The van der Waals surface area contributed by atoms with Crippen LogP contribution in [-0.4, -0.2) is 47.4 Å². The number of nitrogens with one attached hydrogen (secondary N) is 1. The molecule has 2 amide bonds. The second-order valence-corrected chi connectivity index (χ2v) is 8.84. The van der Waals surface area contributed by atoms with Gasteiger partial charge in [-0.1, -0.05) is 77.6 Å². The van der Waals surface area contributed by atoms with Crippen LogP contribution in [0.4, 0.5) is 0 Å². The van der Waals surface area contributed by atoms with Crippen molar-refractivity contribution in [2.45, 2.75) is 129 Å². The Morgan fingerprint density at radius 3 is 1.87 bits per heavy atom. The smallest absolute Gasteiger partial charge is 0.302 e. The van der Waals surface area contributed by atoms with Crippen LogP contribution in [0.1, 0.15) is 111 Å². The molecule has 1 N–H and O–H groups in total. The monoisotopic (exact) mass is 424 g/mol. The topological polar surface area (TPSA) is 75.7 Å². The van der Waals surface area contributed by atoms with E-state index in [9.17, 15) is 14.4 Å². The highest BCUT2D eigenvalue weighted by atomic mass is 16.5. The summed E-state index contributed by atoms with van der Waals surface area (Å²) in [5.74, 6) is -0.510. The van der Waals surface area contributed by atoms with Gasteiger partial charge in [-0.2, -0.15) is 0 Å². The van der Waals surface area contributed by atoms with Crippen molar-refractivity contribution >= 4 is 17.8 Å². The Balaban J connectivity index is 2.37. The van der Waals surface area contributed by atoms with E-state index in [0.717, 1.165) is 12.8 Å². The second kappa shape index (κ2) is 15.2. The first-order valence-corrected chi connectivity index (χ1v) is 12.1. The molecule has 6 heteroatoms. The lowest BCUT2D eigenvalue weighted by Gasteiger charge is -2.43. The molecule has 1 aliphatic rings. The van der Waals surface area contributed by atoms with E-state index in [1.54, 1.807) is 6.92 Å². The maximum atomic E-state index is 12.2. The van der Waals surface area contributed by atoms with Gasteiger partial charge in [-0.15, -0.1) is 0 Å². The molecule has 1 heterocycles. The molecular formula is C24H44N2O4. The molecule has 0 aliphatic carbocycles. The summed E-state index contributed by atoms with van der Waals surface area (Å²) in [5, 5.41) is 2.84. The Morgan fingerprint density at radius 1 is 0.867 bits per heavy atom. The highest BCUT2D eigenvalue weighted by Gasteiger charge is 2.38. The molecule has 0 aromatic heterocycles. The Labute approximate surface area is 183 Å². The van der Waals surface area contributed by atoms with Crippen LogP contribution in [0, 0.1) is 0 Å². The number of esters is 1. The van der Waals surface area contributed by atoms with Crippen molar-refractivity contribution in [3.8, 4) is 0 Å². The third-order valence-corrected chi connectivity index (χ3v) is 6.04. The van der Waals surface area contributed by atoms with Crippen molar-refractivity contribution < 1.29 is 19.1 Å². The van der Waals surface area contributed by atoms with Crippen LogP contribution in [0.25, 0.3) is 0 Å². The van der Waals surface area contributed by atoms with Crippen molar-refractivity contribution in [3.63, 3.8) is 0 Å². The molecule has 30 heavy (non-hydrogen) atoms. The molecule has 1 fully saturated rings. The number of piperidine rings is 1. The second-order valence-electron chi connectivity index (χ2n) is 8.84. The summed E-state index contributed by atoms with van der Waals surface area (Å²) in [5.41, 5.74) is 0. The fourth-order valence-electron chi connectivity index (χ4n) is 4.48. The Hall–Kier alpha value is -1.59. The Kier molecular flexibility index (Phi) is 13.4. The van der Waals surface area contributed by atoms with Gasteiger partial charge in [-0.3, -0.25) is 14.4 Å². The molecule has 1 aliphatic heterocycles. The average Bonchev–Trinajstić information content (AvgIpc) is 2.66. The van der Waals surface area contributed by atoms with Gasteiger partial charge in [-0.25, -0.2) is 0 Å². The third-order valence-electron chi connectivity index (χ3n) is 6.04. The highest BCUT2D eigenvalue weighted by molar-refractivity contribution is 5.75. The van der Waals surface area contributed by atoms with Crippen molar-refractivity contribution in [2.24, 2.45) is 0 Å². The SMILES string of the molecule is CCCCCCCCCCCCC[C@@H]1C[C@H](OC(C)=O)[C@@H](NC(C)=O)CN1C(C)=O. The zero-order valence-electron chi connectivity index (χ0n) is 19.7. The summed E-state index contributed by atoms with van der Waals surface area (Å²) in [6.45, 7) is 7.06. The quantitative estimate of drug-likeness (QED) is 0.323. The van der Waals surface area contributed by atoms with E-state index in [4.69, 9.17) is 4.74 Å². The van der Waals surface area contributed by atoms with Crippen LogP contribution in [-0.2, 0) is 19.1 Å². The van der Waals surface area contributed by atoms with Gasteiger partial charge >= 0.3 is 5.97 Å². The number of unbranched alkanes of at least 4 members (excludes halogenated alkanes) is 10. The fourth-order valence-corrected chi connectivity index (χ4v) is 4.48. The van der Waals surface area contributed by atoms with E-state index < -0.39 is 0 Å². The highest BCUT2D eigenvalue weighted by Crippen LogP contribution is 2.25. The summed E-state index contributed by atoms with van der Waals surface area (Å²) in [6, 6.07) is -0.278. The molecule has 0 saturated carbocycles. The molecule has 0 unspecified atom stereocenters. The molecule has 3 atom stereocenters. The molecular weight excluding hydrogens is 380 g/mol. The maximum Gasteiger partial charge on any atom is 0.302 e. The van der Waals surface area contributed by atoms with Gasteiger partial charge in [0, 0.05) is 39.8 Å². The number of rotatable bonds is 14. The number of ether oxygens (including phenoxy) is 1. The van der Waals surface area contributed by atoms with Gasteiger partial charge in [0.2, 0.25) is 11.8 Å². The average molecular weight is 425 g/mol. The molecule has 0 spiro atoms. The minimum Gasteiger partial charge on any atom is -0.460 e. The van der Waals surface area contributed by atoms with Crippen molar-refractivity contribution in [2.75, 3.05) is 6.54 Å². The minimum atomic E-state index is -0.375. The number of nitrogens with zero attached hydrogens (tertiary/aromatic N) is 1. The summed E-state index contributed by atoms with van der Waals surface area (Å²) in [7, 11) is 0. The van der Waals surface area contributed by atoms with Crippen molar-refractivity contribution in [1.82, 2.24) is 10.2 Å². The van der Waals surface area contributed by atoms with Crippen LogP contribution in [0.15, 0.2) is 0 Å². The largest absolute Gasteiger partial charge is 0.460 e. The van der Waals surface area contributed by atoms with E-state index in [2.05, 4.69) is 12.2 Å². The van der Waals surface area contributed by atoms with E-state index >= 15 is 0 Å². The van der Waals surface area contributed by atoms with Crippen LogP contribution in [0.3, 0.4) is 0 Å². The summed E-state index contributed by atoms with van der Waals surface area (Å²) in [6.07, 6.45) is 15.3. The summed E-state index contributed by atoms with van der Waals surface area (Å²) in [4.78, 5) is 37.1. The third kappa shape index (κ3) is 11.0. The van der Waals surface area contributed by atoms with Crippen LogP contribution >= 0.6 is 0 Å². The van der Waals surface area contributed by atoms with Crippen LogP contribution < -0.4 is 5.32 Å². The molecule has 1 saturated heterocycles. The van der Waals surface area contributed by atoms with Gasteiger partial charge < -0.3 is 15.0 Å². The van der Waals surface area contributed by atoms with E-state index in [1.165, 1.54) is 78.1 Å². The number of amides is 2. The van der Waals surface area contributed by atoms with E-state index in [0.29, 0.717) is 13.0 Å². The molecule has 0 aromatic carbocycles. The predicted molar refractivity (Wildman–Crippen MR) is 120 cm³/mol. The lowest BCUT2D eigenvalue weighted by atomic mass is 9.91. The van der Waals surface area contributed by atoms with Gasteiger partial charge in [0.15, 0.2) is 0 Å². The minimum absolute atomic E-state index is 0.0136. The molecule has 0 bridgehead atoms. The number of carbonyl (C=O) groups is 3. The number of likely N-dealkylation sites (tertiary alicyclic amines) is 1. The molecule has 174 valence electrons. The molecule has 0 aromatic rings. The van der Waals surface area contributed by atoms with Gasteiger partial charge in [0.1, 0.15) is 6.10 Å². The van der Waals surface area contributed by atoms with Gasteiger partial charge in [0.05, 0.1) is 6.04 Å². The number of hydrogen-bond acceptors (Lipinski definition) is 4. The molecule has 0 radical (unpaired) electrons. The summed E-state index contributed by atoms with van der Waals surface area (Å²) >= 11 is 0.